The van der Waals surface area contributed by atoms with Crippen LogP contribution in [0.25, 0.3) is 22.8 Å². The average Bonchev–Trinajstić information content (AvgIpc) is 3.13. The summed E-state index contributed by atoms with van der Waals surface area (Å²) in [7, 11) is 0. The second kappa shape index (κ2) is 13.8. The lowest BCUT2D eigenvalue weighted by Crippen LogP contribution is -2.09. The van der Waals surface area contributed by atoms with Crippen LogP contribution >= 0.6 is 0 Å². The third kappa shape index (κ3) is 6.75. The van der Waals surface area contributed by atoms with Crippen molar-refractivity contribution in [1.29, 1.82) is 0 Å². The molecule has 0 aromatic heterocycles. The van der Waals surface area contributed by atoms with Gasteiger partial charge in [-0.3, -0.25) is 0 Å². The summed E-state index contributed by atoms with van der Waals surface area (Å²) in [6.07, 6.45) is 3.19. The summed E-state index contributed by atoms with van der Waals surface area (Å²) >= 11 is 0. The highest BCUT2D eigenvalue weighted by molar-refractivity contribution is 5.92. The van der Waals surface area contributed by atoms with Crippen molar-refractivity contribution in [2.75, 3.05) is 4.90 Å². The van der Waals surface area contributed by atoms with Gasteiger partial charge in [-0.05, 0) is 93.4 Å². The normalized spacial score (nSPS) is 11.3. The van der Waals surface area contributed by atoms with E-state index >= 15 is 0 Å². The molecule has 0 N–H and O–H groups in total. The van der Waals surface area contributed by atoms with Crippen LogP contribution in [0.2, 0.25) is 0 Å². The van der Waals surface area contributed by atoms with E-state index in [4.69, 9.17) is 0 Å². The Balaban J connectivity index is 1.19. The first-order chi connectivity index (χ1) is 22.8. The van der Waals surface area contributed by atoms with Gasteiger partial charge < -0.3 is 4.90 Å². The lowest BCUT2D eigenvalue weighted by Gasteiger charge is -2.25. The molecule has 1 nitrogen and oxygen atoms in total. The number of hydrogen-bond acceptors (Lipinski definition) is 1. The van der Waals surface area contributed by atoms with E-state index in [1.54, 1.807) is 0 Å². The zero-order valence-corrected chi connectivity index (χ0v) is 25.7. The number of para-hydroxylation sites is 2. The summed E-state index contributed by atoms with van der Waals surface area (Å²) in [4.78, 5) is 2.29. The van der Waals surface area contributed by atoms with E-state index in [1.165, 1.54) is 39.0 Å². The third-order valence-electron chi connectivity index (χ3n) is 8.28. The number of rotatable bonds is 9. The fraction of sp³-hybridized carbons (Fsp3) is 0.0222. The summed E-state index contributed by atoms with van der Waals surface area (Å²) in [5.74, 6) is 0. The topological polar surface area (TPSA) is 3.24 Å². The Kier molecular flexibility index (Phi) is 8.65. The number of benzene rings is 7. The van der Waals surface area contributed by atoms with Gasteiger partial charge in [-0.25, -0.2) is 0 Å². The van der Waals surface area contributed by atoms with Crippen LogP contribution in [-0.4, -0.2) is 0 Å². The van der Waals surface area contributed by atoms with Gasteiger partial charge in [-0.2, -0.15) is 0 Å². The maximum absolute atomic E-state index is 2.34. The Morgan fingerprint density at radius 3 is 1.50 bits per heavy atom. The van der Waals surface area contributed by atoms with Crippen molar-refractivity contribution >= 4 is 28.7 Å². The molecule has 0 atom stereocenters. The molecule has 0 aliphatic rings. The van der Waals surface area contributed by atoms with E-state index in [9.17, 15) is 0 Å². The first-order valence-corrected chi connectivity index (χ1v) is 15.8. The van der Waals surface area contributed by atoms with Gasteiger partial charge in [-0.15, -0.1) is 0 Å². The molecule has 46 heavy (non-hydrogen) atoms. The predicted octanol–water partition coefficient (Wildman–Crippen LogP) is 12.0. The molecule has 1 heteroatoms. The van der Waals surface area contributed by atoms with Crippen LogP contribution in [0.1, 0.15) is 27.8 Å². The van der Waals surface area contributed by atoms with Crippen LogP contribution in [0, 0.1) is 0 Å². The molecule has 0 radical (unpaired) electrons. The molecule has 0 aliphatic carbocycles. The van der Waals surface area contributed by atoms with E-state index in [-0.39, 0.29) is 0 Å². The molecule has 0 fully saturated rings. The highest BCUT2D eigenvalue weighted by atomic mass is 15.1. The largest absolute Gasteiger partial charge is 0.311 e. The molecule has 7 rings (SSSR count). The second-order valence-electron chi connectivity index (χ2n) is 11.5. The van der Waals surface area contributed by atoms with E-state index in [1.807, 2.05) is 0 Å². The molecule has 0 unspecified atom stereocenters. The molecule has 220 valence electrons. The van der Waals surface area contributed by atoms with E-state index in [2.05, 4.69) is 205 Å². The third-order valence-corrected chi connectivity index (χ3v) is 8.28. The van der Waals surface area contributed by atoms with Crippen molar-refractivity contribution in [3.63, 3.8) is 0 Å². The smallest absolute Gasteiger partial charge is 0.0462 e. The van der Waals surface area contributed by atoms with Gasteiger partial charge in [0.1, 0.15) is 0 Å². The average molecular weight is 590 g/mol. The zero-order chi connectivity index (χ0) is 31.0. The molecule has 0 saturated heterocycles. The van der Waals surface area contributed by atoms with Crippen molar-refractivity contribution in [2.24, 2.45) is 0 Å². The summed E-state index contributed by atoms with van der Waals surface area (Å²) < 4.78 is 0. The van der Waals surface area contributed by atoms with Crippen LogP contribution in [-0.2, 0) is 6.42 Å². The van der Waals surface area contributed by atoms with E-state index in [0.717, 1.165) is 29.0 Å². The first kappa shape index (κ1) is 28.8. The monoisotopic (exact) mass is 589 g/mol. The van der Waals surface area contributed by atoms with Gasteiger partial charge in [0.15, 0.2) is 0 Å². The van der Waals surface area contributed by atoms with Crippen LogP contribution in [0.3, 0.4) is 0 Å². The molecule has 0 heterocycles. The van der Waals surface area contributed by atoms with Crippen LogP contribution in [0.4, 0.5) is 17.1 Å². The Morgan fingerprint density at radius 2 is 0.891 bits per heavy atom. The van der Waals surface area contributed by atoms with Crippen molar-refractivity contribution in [2.45, 2.75) is 6.42 Å². The molecule has 0 amide bonds. The molecule has 7 aromatic rings. The predicted molar refractivity (Wildman–Crippen MR) is 196 cm³/mol. The number of anilines is 3. The summed E-state index contributed by atoms with van der Waals surface area (Å²) in [5.41, 5.74) is 13.3. The molecule has 0 saturated carbocycles. The Bertz CT molecular complexity index is 1970. The van der Waals surface area contributed by atoms with Gasteiger partial charge in [0.25, 0.3) is 0 Å². The van der Waals surface area contributed by atoms with Crippen LogP contribution in [0.15, 0.2) is 194 Å². The maximum Gasteiger partial charge on any atom is 0.0462 e. The van der Waals surface area contributed by atoms with Crippen molar-refractivity contribution in [1.82, 2.24) is 0 Å². The second-order valence-corrected chi connectivity index (χ2v) is 11.5. The van der Waals surface area contributed by atoms with E-state index in [0.29, 0.717) is 0 Å². The number of hydrogen-bond donors (Lipinski definition) is 0. The molecule has 7 aromatic carbocycles. The molecular formula is C45H35N. The Morgan fingerprint density at radius 1 is 0.391 bits per heavy atom. The standard InChI is InChI=1S/C45H35N/c1-5-15-38(16-6-1)39-28-24-35(25-29-39)32-37-14-13-19-41(33-37)45(40-17-7-2-8-18-40)34-36-26-30-44(31-27-36)46(42-20-9-3-10-21-42)43-22-11-4-12-23-43/h1-31,33-34H,32H2. The lowest BCUT2D eigenvalue weighted by atomic mass is 9.93. The summed E-state index contributed by atoms with van der Waals surface area (Å²) in [5, 5.41) is 0. The zero-order valence-electron chi connectivity index (χ0n) is 25.7. The van der Waals surface area contributed by atoms with Gasteiger partial charge in [0.2, 0.25) is 0 Å². The minimum Gasteiger partial charge on any atom is -0.311 e. The summed E-state index contributed by atoms with van der Waals surface area (Å²) in [6, 6.07) is 69.1. The fourth-order valence-corrected chi connectivity index (χ4v) is 5.97. The van der Waals surface area contributed by atoms with Crippen LogP contribution in [0.5, 0.6) is 0 Å². The highest BCUT2D eigenvalue weighted by Crippen LogP contribution is 2.35. The van der Waals surface area contributed by atoms with Gasteiger partial charge >= 0.3 is 0 Å². The molecule has 0 spiro atoms. The van der Waals surface area contributed by atoms with Crippen molar-refractivity contribution in [3.8, 4) is 11.1 Å². The Labute approximate surface area is 272 Å². The van der Waals surface area contributed by atoms with Crippen molar-refractivity contribution in [3.05, 3.63) is 222 Å². The molecular weight excluding hydrogens is 555 g/mol. The van der Waals surface area contributed by atoms with Gasteiger partial charge in [-0.1, -0.05) is 158 Å². The molecule has 0 bridgehead atoms. The Hall–Kier alpha value is -5.92. The first-order valence-electron chi connectivity index (χ1n) is 15.8. The van der Waals surface area contributed by atoms with Crippen molar-refractivity contribution < 1.29 is 0 Å². The quantitative estimate of drug-likeness (QED) is 0.151. The molecule has 0 aliphatic heterocycles. The SMILES string of the molecule is C(=C(c1ccccc1)c1cccc(Cc2ccc(-c3ccccc3)cc2)c1)c1ccc(N(c2ccccc2)c2ccccc2)cc1. The highest BCUT2D eigenvalue weighted by Gasteiger charge is 2.12. The summed E-state index contributed by atoms with van der Waals surface area (Å²) in [6.45, 7) is 0. The maximum atomic E-state index is 2.34. The lowest BCUT2D eigenvalue weighted by molar-refractivity contribution is 1.19. The number of nitrogens with zero attached hydrogens (tertiary/aromatic N) is 1. The van der Waals surface area contributed by atoms with Gasteiger partial charge in [0.05, 0.1) is 0 Å². The minimum atomic E-state index is 0.883. The van der Waals surface area contributed by atoms with Gasteiger partial charge in [0, 0.05) is 17.1 Å². The fourth-order valence-electron chi connectivity index (χ4n) is 5.97. The van der Waals surface area contributed by atoms with Crippen LogP contribution < -0.4 is 4.90 Å². The van der Waals surface area contributed by atoms with E-state index < -0.39 is 0 Å². The minimum absolute atomic E-state index is 0.883.